The van der Waals surface area contributed by atoms with E-state index < -0.39 is 0 Å². The van der Waals surface area contributed by atoms with Crippen molar-refractivity contribution in [3.8, 4) is 0 Å². The van der Waals surface area contributed by atoms with Gasteiger partial charge in [0.05, 0.1) is 17.2 Å². The van der Waals surface area contributed by atoms with Crippen LogP contribution in [0.3, 0.4) is 0 Å². The zero-order valence-corrected chi connectivity index (χ0v) is 11.9. The average Bonchev–Trinajstić information content (AvgIpc) is 2.51. The number of carbonyl (C=O) groups excluding carboxylic acids is 1. The molecule has 0 spiro atoms. The van der Waals surface area contributed by atoms with Gasteiger partial charge in [-0.25, -0.2) is 4.98 Å². The largest absolute Gasteiger partial charge is 0.356 e. The minimum Gasteiger partial charge on any atom is -0.356 e. The molecule has 0 radical (unpaired) electrons. The monoisotopic (exact) mass is 288 g/mol. The van der Waals surface area contributed by atoms with E-state index in [2.05, 4.69) is 10.3 Å². The summed E-state index contributed by atoms with van der Waals surface area (Å²) in [7, 11) is 0. The van der Waals surface area contributed by atoms with Crippen LogP contribution in [0.1, 0.15) is 19.3 Å². The number of carbonyl (C=O) groups is 1. The number of nitrogens with one attached hydrogen (secondary N) is 1. The number of aryl methyl sites for hydroxylation is 1. The molecular weight excluding hydrogens is 268 g/mol. The van der Waals surface area contributed by atoms with E-state index in [1.54, 1.807) is 18.2 Å². The molecule has 1 aromatic heterocycles. The zero-order chi connectivity index (χ0) is 15.1. The van der Waals surface area contributed by atoms with Gasteiger partial charge in [0.2, 0.25) is 5.91 Å². The minimum absolute atomic E-state index is 0.0629. The van der Waals surface area contributed by atoms with Crippen molar-refractivity contribution >= 4 is 16.8 Å². The second-order valence-electron chi connectivity index (χ2n) is 4.86. The molecule has 0 fully saturated rings. The summed E-state index contributed by atoms with van der Waals surface area (Å²) in [4.78, 5) is 28.1. The molecule has 1 heterocycles. The molecule has 0 bridgehead atoms. The summed E-state index contributed by atoms with van der Waals surface area (Å²) >= 11 is 0. The van der Waals surface area contributed by atoms with E-state index in [1.165, 1.54) is 10.9 Å². The molecule has 1 amide bonds. The van der Waals surface area contributed by atoms with Crippen LogP contribution in [0.2, 0.25) is 0 Å². The lowest BCUT2D eigenvalue weighted by atomic mass is 10.2. The van der Waals surface area contributed by atoms with Gasteiger partial charge in [-0.3, -0.25) is 14.2 Å². The number of aromatic nitrogens is 2. The van der Waals surface area contributed by atoms with Crippen molar-refractivity contribution in [3.05, 3.63) is 40.9 Å². The van der Waals surface area contributed by atoms with Gasteiger partial charge in [0.15, 0.2) is 0 Å². The molecule has 2 rings (SSSR count). The number of hydrogen-bond acceptors (Lipinski definition) is 4. The number of nitrogens with zero attached hydrogens (tertiary/aromatic N) is 2. The van der Waals surface area contributed by atoms with Crippen LogP contribution in [0, 0.1) is 0 Å². The Hall–Kier alpha value is -2.21. The first-order valence-corrected chi connectivity index (χ1v) is 7.13. The van der Waals surface area contributed by atoms with Crippen molar-refractivity contribution < 1.29 is 4.79 Å². The summed E-state index contributed by atoms with van der Waals surface area (Å²) in [5, 5.41) is 3.39. The maximum absolute atomic E-state index is 12.2. The van der Waals surface area contributed by atoms with Crippen molar-refractivity contribution in [3.63, 3.8) is 0 Å². The van der Waals surface area contributed by atoms with Gasteiger partial charge in [-0.2, -0.15) is 0 Å². The van der Waals surface area contributed by atoms with Crippen LogP contribution in [-0.2, 0) is 11.3 Å². The third kappa shape index (κ3) is 4.13. The molecule has 2 aromatic rings. The number of benzene rings is 1. The van der Waals surface area contributed by atoms with Gasteiger partial charge in [-0.05, 0) is 31.5 Å². The highest BCUT2D eigenvalue weighted by Crippen LogP contribution is 2.04. The smallest absolute Gasteiger partial charge is 0.261 e. The van der Waals surface area contributed by atoms with E-state index >= 15 is 0 Å². The van der Waals surface area contributed by atoms with E-state index in [4.69, 9.17) is 5.73 Å². The topological polar surface area (TPSA) is 90.0 Å². The Bertz CT molecular complexity index is 666. The van der Waals surface area contributed by atoms with Crippen molar-refractivity contribution in [1.82, 2.24) is 14.9 Å². The van der Waals surface area contributed by atoms with Gasteiger partial charge < -0.3 is 11.1 Å². The average molecular weight is 288 g/mol. The van der Waals surface area contributed by atoms with Gasteiger partial charge >= 0.3 is 0 Å². The van der Waals surface area contributed by atoms with Crippen molar-refractivity contribution in [2.75, 3.05) is 13.1 Å². The van der Waals surface area contributed by atoms with Crippen LogP contribution in [0.4, 0.5) is 0 Å². The normalized spacial score (nSPS) is 10.7. The zero-order valence-electron chi connectivity index (χ0n) is 11.9. The van der Waals surface area contributed by atoms with Crippen LogP contribution in [0.5, 0.6) is 0 Å². The molecule has 0 aliphatic heterocycles. The summed E-state index contributed by atoms with van der Waals surface area (Å²) in [5.41, 5.74) is 5.94. The SMILES string of the molecule is NCCCCNC(=O)CCn1cnc2ccccc2c1=O. The second-order valence-corrected chi connectivity index (χ2v) is 4.86. The summed E-state index contributed by atoms with van der Waals surface area (Å²) in [5.74, 6) is -0.0629. The number of rotatable bonds is 7. The highest BCUT2D eigenvalue weighted by molar-refractivity contribution is 5.77. The number of fused-ring (bicyclic) bond motifs is 1. The Morgan fingerprint density at radius 1 is 1.29 bits per heavy atom. The lowest BCUT2D eigenvalue weighted by Crippen LogP contribution is -2.28. The number of hydrogen-bond donors (Lipinski definition) is 2. The number of nitrogens with two attached hydrogens (primary N) is 1. The molecular formula is C15H20N4O2. The summed E-state index contributed by atoms with van der Waals surface area (Å²) in [6, 6.07) is 7.19. The maximum Gasteiger partial charge on any atom is 0.261 e. The van der Waals surface area contributed by atoms with Gasteiger partial charge in [0, 0.05) is 19.5 Å². The van der Waals surface area contributed by atoms with Gasteiger partial charge in [0.25, 0.3) is 5.56 Å². The van der Waals surface area contributed by atoms with Crippen molar-refractivity contribution in [2.45, 2.75) is 25.8 Å². The fourth-order valence-electron chi connectivity index (χ4n) is 2.07. The molecule has 112 valence electrons. The number of unbranched alkanes of at least 4 members (excludes halogenated alkanes) is 1. The van der Waals surface area contributed by atoms with E-state index in [1.807, 2.05) is 6.07 Å². The first-order valence-electron chi connectivity index (χ1n) is 7.13. The highest BCUT2D eigenvalue weighted by Gasteiger charge is 2.05. The summed E-state index contributed by atoms with van der Waals surface area (Å²) in [6.45, 7) is 1.59. The number of amides is 1. The van der Waals surface area contributed by atoms with E-state index in [0.717, 1.165) is 12.8 Å². The Kier molecular flexibility index (Phi) is 5.45. The predicted octanol–water partition coefficient (Wildman–Crippen LogP) is 0.642. The van der Waals surface area contributed by atoms with E-state index in [9.17, 15) is 9.59 Å². The molecule has 0 unspecified atom stereocenters. The molecule has 0 atom stereocenters. The van der Waals surface area contributed by atoms with Crippen LogP contribution in [-0.4, -0.2) is 28.5 Å². The van der Waals surface area contributed by atoms with Crippen LogP contribution in [0.15, 0.2) is 35.4 Å². The predicted molar refractivity (Wildman–Crippen MR) is 81.9 cm³/mol. The summed E-state index contributed by atoms with van der Waals surface area (Å²) in [6.07, 6.45) is 3.53. The van der Waals surface area contributed by atoms with Gasteiger partial charge in [0.1, 0.15) is 0 Å². The van der Waals surface area contributed by atoms with Crippen LogP contribution >= 0.6 is 0 Å². The quantitative estimate of drug-likeness (QED) is 0.732. The van der Waals surface area contributed by atoms with Gasteiger partial charge in [-0.1, -0.05) is 12.1 Å². The minimum atomic E-state index is -0.114. The Labute approximate surface area is 123 Å². The molecule has 0 aliphatic rings. The highest BCUT2D eigenvalue weighted by atomic mass is 16.1. The molecule has 3 N–H and O–H groups in total. The molecule has 21 heavy (non-hydrogen) atoms. The first-order chi connectivity index (χ1) is 10.2. The number of para-hydroxylation sites is 1. The van der Waals surface area contributed by atoms with Crippen LogP contribution in [0.25, 0.3) is 10.9 Å². The third-order valence-electron chi connectivity index (χ3n) is 3.26. The molecule has 6 nitrogen and oxygen atoms in total. The fraction of sp³-hybridized carbons (Fsp3) is 0.400. The van der Waals surface area contributed by atoms with E-state index in [-0.39, 0.29) is 17.9 Å². The lowest BCUT2D eigenvalue weighted by Gasteiger charge is -2.07. The lowest BCUT2D eigenvalue weighted by molar-refractivity contribution is -0.121. The van der Waals surface area contributed by atoms with Crippen molar-refractivity contribution in [2.24, 2.45) is 5.73 Å². The standard InChI is InChI=1S/C15H20N4O2/c16-8-3-4-9-17-14(20)7-10-19-11-18-13-6-2-1-5-12(13)15(19)21/h1-2,5-6,11H,3-4,7-10,16H2,(H,17,20). The molecule has 0 aliphatic carbocycles. The van der Waals surface area contributed by atoms with E-state index in [0.29, 0.717) is 30.5 Å². The Balaban J connectivity index is 1.93. The maximum atomic E-state index is 12.2. The molecule has 6 heteroatoms. The second kappa shape index (κ2) is 7.54. The molecule has 0 saturated heterocycles. The van der Waals surface area contributed by atoms with Crippen LogP contribution < -0.4 is 16.6 Å². The molecule has 1 aromatic carbocycles. The van der Waals surface area contributed by atoms with Crippen molar-refractivity contribution in [1.29, 1.82) is 0 Å². The van der Waals surface area contributed by atoms with Gasteiger partial charge in [-0.15, -0.1) is 0 Å². The Morgan fingerprint density at radius 2 is 2.10 bits per heavy atom. The third-order valence-corrected chi connectivity index (χ3v) is 3.26. The molecule has 0 saturated carbocycles. The Morgan fingerprint density at radius 3 is 2.90 bits per heavy atom. The fourth-order valence-corrected chi connectivity index (χ4v) is 2.07. The first kappa shape index (κ1) is 15.2. The summed E-state index contributed by atoms with van der Waals surface area (Å²) < 4.78 is 1.47.